The normalized spacial score (nSPS) is 12.6. The zero-order chi connectivity index (χ0) is 15.2. The summed E-state index contributed by atoms with van der Waals surface area (Å²) in [5, 5.41) is 7.03. The minimum Gasteiger partial charge on any atom is -0.313 e. The maximum atomic E-state index is 4.61. The van der Waals surface area contributed by atoms with Crippen LogP contribution >= 0.6 is 11.3 Å². The highest BCUT2D eigenvalue weighted by molar-refractivity contribution is 7.09. The molecule has 21 heavy (non-hydrogen) atoms. The van der Waals surface area contributed by atoms with Gasteiger partial charge in [0.05, 0.1) is 10.7 Å². The Morgan fingerprint density at radius 2 is 1.81 bits per heavy atom. The molecule has 1 aromatic carbocycles. The second-order valence-electron chi connectivity index (χ2n) is 5.91. The van der Waals surface area contributed by atoms with Crippen LogP contribution in [0.15, 0.2) is 23.6 Å². The third kappa shape index (κ3) is 5.25. The number of hydrogen-bond donors (Lipinski definition) is 1. The van der Waals surface area contributed by atoms with Gasteiger partial charge < -0.3 is 5.32 Å². The summed E-state index contributed by atoms with van der Waals surface area (Å²) in [6.45, 7) is 9.71. The first kappa shape index (κ1) is 16.2. The van der Waals surface area contributed by atoms with Gasteiger partial charge in [-0.3, -0.25) is 0 Å². The molecule has 0 aliphatic rings. The van der Waals surface area contributed by atoms with Crippen LogP contribution in [0.1, 0.15) is 40.7 Å². The maximum absolute atomic E-state index is 4.61. The number of rotatable bonds is 7. The second-order valence-corrected chi connectivity index (χ2v) is 6.98. The molecule has 0 radical (unpaired) electrons. The Labute approximate surface area is 132 Å². The fraction of sp³-hybridized carbons (Fsp3) is 0.500. The summed E-state index contributed by atoms with van der Waals surface area (Å²) in [6.07, 6.45) is 3.25. The molecule has 114 valence electrons. The summed E-state index contributed by atoms with van der Waals surface area (Å²) < 4.78 is 0. The number of hydrogen-bond acceptors (Lipinski definition) is 3. The number of benzene rings is 1. The number of nitrogens with one attached hydrogen (secondary N) is 1. The standard InChI is InChI=1S/C18H26N2S/c1-5-6-19-17(11-18-12-21-15(4)20-18)10-16-8-13(2)7-14(3)9-16/h7-9,12,17,19H,5-6,10-11H2,1-4H3. The smallest absolute Gasteiger partial charge is 0.0897 e. The van der Waals surface area contributed by atoms with Crippen molar-refractivity contribution >= 4 is 11.3 Å². The summed E-state index contributed by atoms with van der Waals surface area (Å²) in [6, 6.07) is 7.31. The minimum absolute atomic E-state index is 0.465. The molecule has 0 amide bonds. The van der Waals surface area contributed by atoms with Crippen molar-refractivity contribution in [3.8, 4) is 0 Å². The van der Waals surface area contributed by atoms with Crippen LogP contribution in [-0.4, -0.2) is 17.6 Å². The average Bonchev–Trinajstić information content (AvgIpc) is 2.80. The number of nitrogens with zero attached hydrogens (tertiary/aromatic N) is 1. The quantitative estimate of drug-likeness (QED) is 0.828. The molecule has 2 nitrogen and oxygen atoms in total. The molecule has 0 bridgehead atoms. The molecule has 0 saturated carbocycles. The Bertz CT molecular complexity index is 554. The zero-order valence-electron chi connectivity index (χ0n) is 13.6. The molecule has 0 aliphatic carbocycles. The van der Waals surface area contributed by atoms with Crippen LogP contribution in [0, 0.1) is 20.8 Å². The number of aromatic nitrogens is 1. The lowest BCUT2D eigenvalue weighted by atomic mass is 9.98. The van der Waals surface area contributed by atoms with E-state index in [1.165, 1.54) is 28.8 Å². The molecule has 0 fully saturated rings. The van der Waals surface area contributed by atoms with E-state index in [1.54, 1.807) is 11.3 Å². The molecule has 2 aromatic rings. The lowest BCUT2D eigenvalue weighted by Gasteiger charge is -2.18. The van der Waals surface area contributed by atoms with Crippen molar-refractivity contribution in [1.82, 2.24) is 10.3 Å². The van der Waals surface area contributed by atoms with Gasteiger partial charge in [0.1, 0.15) is 0 Å². The molecular formula is C18H26N2S. The topological polar surface area (TPSA) is 24.9 Å². The Balaban J connectivity index is 2.07. The van der Waals surface area contributed by atoms with Crippen LogP contribution in [0.4, 0.5) is 0 Å². The number of thiazole rings is 1. The Morgan fingerprint density at radius 1 is 1.10 bits per heavy atom. The highest BCUT2D eigenvalue weighted by atomic mass is 32.1. The minimum atomic E-state index is 0.465. The largest absolute Gasteiger partial charge is 0.313 e. The average molecular weight is 302 g/mol. The molecule has 1 N–H and O–H groups in total. The molecule has 0 saturated heterocycles. The van der Waals surface area contributed by atoms with E-state index in [-0.39, 0.29) is 0 Å². The van der Waals surface area contributed by atoms with Crippen LogP contribution in [0.2, 0.25) is 0 Å². The first-order valence-corrected chi connectivity index (χ1v) is 8.66. The predicted molar refractivity (Wildman–Crippen MR) is 92.3 cm³/mol. The van der Waals surface area contributed by atoms with Crippen LogP contribution in [-0.2, 0) is 12.8 Å². The SMILES string of the molecule is CCCNC(Cc1cc(C)cc(C)c1)Cc1csc(C)n1. The lowest BCUT2D eigenvalue weighted by Crippen LogP contribution is -2.34. The van der Waals surface area contributed by atoms with Gasteiger partial charge in [-0.15, -0.1) is 11.3 Å². The summed E-state index contributed by atoms with van der Waals surface area (Å²) in [5.41, 5.74) is 5.34. The fourth-order valence-corrected chi connectivity index (χ4v) is 3.42. The van der Waals surface area contributed by atoms with Crippen LogP contribution < -0.4 is 5.32 Å². The predicted octanol–water partition coefficient (Wildman–Crippen LogP) is 4.22. The van der Waals surface area contributed by atoms with Crippen molar-refractivity contribution < 1.29 is 0 Å². The van der Waals surface area contributed by atoms with E-state index in [0.29, 0.717) is 6.04 Å². The number of aryl methyl sites for hydroxylation is 3. The van der Waals surface area contributed by atoms with Crippen LogP contribution in [0.3, 0.4) is 0 Å². The molecule has 1 heterocycles. The lowest BCUT2D eigenvalue weighted by molar-refractivity contribution is 0.501. The second kappa shape index (κ2) is 7.71. The molecule has 1 unspecified atom stereocenters. The Hall–Kier alpha value is -1.19. The van der Waals surface area contributed by atoms with Crippen molar-refractivity contribution in [2.45, 2.75) is 53.0 Å². The Morgan fingerprint density at radius 3 is 2.38 bits per heavy atom. The first-order valence-electron chi connectivity index (χ1n) is 7.78. The van der Waals surface area contributed by atoms with E-state index >= 15 is 0 Å². The van der Waals surface area contributed by atoms with E-state index in [0.717, 1.165) is 24.4 Å². The van der Waals surface area contributed by atoms with Gasteiger partial charge >= 0.3 is 0 Å². The molecule has 1 aromatic heterocycles. The summed E-state index contributed by atoms with van der Waals surface area (Å²) in [4.78, 5) is 4.61. The molecule has 1 atom stereocenters. The van der Waals surface area contributed by atoms with Gasteiger partial charge in [0.15, 0.2) is 0 Å². The van der Waals surface area contributed by atoms with Crippen molar-refractivity contribution in [2.75, 3.05) is 6.54 Å². The van der Waals surface area contributed by atoms with Crippen LogP contribution in [0.25, 0.3) is 0 Å². The van der Waals surface area contributed by atoms with Crippen molar-refractivity contribution in [3.05, 3.63) is 51.0 Å². The van der Waals surface area contributed by atoms with Gasteiger partial charge in [0, 0.05) is 17.8 Å². The monoisotopic (exact) mass is 302 g/mol. The van der Waals surface area contributed by atoms with Gasteiger partial charge in [-0.05, 0) is 45.7 Å². The summed E-state index contributed by atoms with van der Waals surface area (Å²) in [5.74, 6) is 0. The molecule has 3 heteroatoms. The first-order chi connectivity index (χ1) is 10.1. The maximum Gasteiger partial charge on any atom is 0.0897 e. The van der Waals surface area contributed by atoms with E-state index < -0.39 is 0 Å². The fourth-order valence-electron chi connectivity index (χ4n) is 2.79. The van der Waals surface area contributed by atoms with Crippen molar-refractivity contribution in [3.63, 3.8) is 0 Å². The van der Waals surface area contributed by atoms with E-state index in [1.807, 2.05) is 0 Å². The van der Waals surface area contributed by atoms with Crippen molar-refractivity contribution in [2.24, 2.45) is 0 Å². The molecule has 0 spiro atoms. The van der Waals surface area contributed by atoms with E-state index in [4.69, 9.17) is 0 Å². The van der Waals surface area contributed by atoms with Gasteiger partial charge in [0.2, 0.25) is 0 Å². The highest BCUT2D eigenvalue weighted by Gasteiger charge is 2.12. The molecular weight excluding hydrogens is 276 g/mol. The third-order valence-corrected chi connectivity index (χ3v) is 4.39. The Kier molecular flexibility index (Phi) is 5.95. The molecule has 2 rings (SSSR count). The van der Waals surface area contributed by atoms with Crippen molar-refractivity contribution in [1.29, 1.82) is 0 Å². The van der Waals surface area contributed by atoms with Gasteiger partial charge in [-0.2, -0.15) is 0 Å². The summed E-state index contributed by atoms with van der Waals surface area (Å²) >= 11 is 1.74. The van der Waals surface area contributed by atoms with Gasteiger partial charge in [-0.1, -0.05) is 36.2 Å². The third-order valence-electron chi connectivity index (χ3n) is 3.57. The summed E-state index contributed by atoms with van der Waals surface area (Å²) in [7, 11) is 0. The van der Waals surface area contributed by atoms with Crippen LogP contribution in [0.5, 0.6) is 0 Å². The highest BCUT2D eigenvalue weighted by Crippen LogP contribution is 2.15. The van der Waals surface area contributed by atoms with E-state index in [2.05, 4.69) is 61.6 Å². The van der Waals surface area contributed by atoms with Gasteiger partial charge in [0.25, 0.3) is 0 Å². The molecule has 0 aliphatic heterocycles. The zero-order valence-corrected chi connectivity index (χ0v) is 14.4. The van der Waals surface area contributed by atoms with Gasteiger partial charge in [-0.25, -0.2) is 4.98 Å². The van der Waals surface area contributed by atoms with E-state index in [9.17, 15) is 0 Å².